The predicted molar refractivity (Wildman–Crippen MR) is 206 cm³/mol. The summed E-state index contributed by atoms with van der Waals surface area (Å²) in [6.07, 6.45) is 9.55. The minimum Gasteiger partial charge on any atom is -0.683 e. The molecule has 0 N–H and O–H groups in total. The van der Waals surface area contributed by atoms with Crippen molar-refractivity contribution in [1.29, 1.82) is 0 Å². The molecule has 6 rings (SSSR count). The van der Waals surface area contributed by atoms with E-state index in [1.807, 2.05) is 0 Å². The van der Waals surface area contributed by atoms with Crippen LogP contribution in [0.1, 0.15) is 65.2 Å². The van der Waals surface area contributed by atoms with Crippen molar-refractivity contribution in [2.45, 2.75) is 77.3 Å². The summed E-state index contributed by atoms with van der Waals surface area (Å²) in [6.45, 7) is 15.5. The molecule has 6 heteroatoms. The third kappa shape index (κ3) is 10.7. The van der Waals surface area contributed by atoms with Crippen LogP contribution in [0, 0.1) is 13.8 Å². The van der Waals surface area contributed by atoms with E-state index < -0.39 is 0 Å². The zero-order chi connectivity index (χ0) is 31.3. The van der Waals surface area contributed by atoms with Gasteiger partial charge >= 0.3 is 46.1 Å². The van der Waals surface area contributed by atoms with Crippen molar-refractivity contribution in [2.24, 2.45) is 0 Å². The maximum absolute atomic E-state index is 5.27. The van der Waals surface area contributed by atoms with Crippen LogP contribution in [-0.4, -0.2) is 108 Å². The van der Waals surface area contributed by atoms with Crippen molar-refractivity contribution >= 4 is 79.0 Å². The minimum absolute atomic E-state index is 0. The van der Waals surface area contributed by atoms with Crippen molar-refractivity contribution in [2.75, 3.05) is 40.3 Å². The number of likely N-dealkylation sites (N-methyl/N-ethyl adjacent to an activating group) is 2. The first-order valence-electron chi connectivity index (χ1n) is 16.9. The van der Waals surface area contributed by atoms with Crippen molar-refractivity contribution in [3.8, 4) is 11.1 Å². The van der Waals surface area contributed by atoms with Crippen molar-refractivity contribution < 1.29 is 0 Å². The molecule has 0 radical (unpaired) electrons. The van der Waals surface area contributed by atoms with E-state index in [0.717, 1.165) is 37.3 Å². The van der Waals surface area contributed by atoms with Gasteiger partial charge in [-0.2, -0.15) is 12.8 Å². The van der Waals surface area contributed by atoms with Gasteiger partial charge in [-0.25, -0.2) is 0 Å². The summed E-state index contributed by atoms with van der Waals surface area (Å²) in [4.78, 5) is 4.92. The van der Waals surface area contributed by atoms with Crippen LogP contribution in [0.4, 0.5) is 11.4 Å². The van der Waals surface area contributed by atoms with Gasteiger partial charge in [-0.15, -0.1) is 24.5 Å². The Hall–Kier alpha value is -1.55. The van der Waals surface area contributed by atoms with Crippen LogP contribution in [0.2, 0.25) is 0 Å². The largest absolute Gasteiger partial charge is 2.00 e. The maximum Gasteiger partial charge on any atom is 2.00 e. The molecule has 0 amide bonds. The zero-order valence-corrected chi connectivity index (χ0v) is 32.0. The summed E-state index contributed by atoms with van der Waals surface area (Å²) in [7, 11) is 4.46. The van der Waals surface area contributed by atoms with Crippen LogP contribution < -0.4 is 0 Å². The summed E-state index contributed by atoms with van der Waals surface area (Å²) < 4.78 is 0. The van der Waals surface area contributed by atoms with Gasteiger partial charge in [0.05, 0.1) is 0 Å². The average Bonchev–Trinajstić information content (AvgIpc) is 3.68. The van der Waals surface area contributed by atoms with Crippen molar-refractivity contribution in [1.82, 2.24) is 9.80 Å². The molecule has 0 bridgehead atoms. The van der Waals surface area contributed by atoms with Crippen LogP contribution in [-0.2, 0) is 0 Å². The summed E-state index contributed by atoms with van der Waals surface area (Å²) in [6, 6.07) is 27.4. The molecule has 0 aromatic heterocycles. The molecule has 2 heterocycles. The molecular formula is C40H54Mg2N4. The van der Waals surface area contributed by atoms with Crippen LogP contribution in [0.15, 0.2) is 72.8 Å². The Labute approximate surface area is 312 Å². The summed E-state index contributed by atoms with van der Waals surface area (Å²) in [5.74, 6) is 0. The van der Waals surface area contributed by atoms with E-state index in [1.165, 1.54) is 84.3 Å². The second-order valence-electron chi connectivity index (χ2n) is 12.3. The standard InChI is InChI=1S/C32H36N4.2C4H9.2Mg/c1-35-19-7-11-25(35)21-33-29-17-15-23-9-3-5-13-27(23)31(29)32-28-14-6-4-10-24(28)16-18-30(32)34-22-26-12-8-20-36(26)2;2*1-3-4-2;;/h3-6,9-10,13-18,25-26H,7-8,11-12,19-22H2,1-2H3;2*1,3-4H2,2H3;;/q-2;2*-1;2*+2/t25-,26-;;;;/m0..../s1. The van der Waals surface area contributed by atoms with Gasteiger partial charge in [-0.1, -0.05) is 99.5 Å². The quantitative estimate of drug-likeness (QED) is 0.135. The molecule has 4 nitrogen and oxygen atoms in total. The van der Waals surface area contributed by atoms with Gasteiger partial charge < -0.3 is 34.3 Å². The Balaban J connectivity index is 0.000000665. The first-order chi connectivity index (χ1) is 21.5. The number of hydrogen-bond donors (Lipinski definition) is 0. The molecule has 46 heavy (non-hydrogen) atoms. The Morgan fingerprint density at radius 1 is 0.609 bits per heavy atom. The van der Waals surface area contributed by atoms with Gasteiger partial charge in [-0.3, -0.25) is 0 Å². The Bertz CT molecular complexity index is 1330. The SMILES string of the molecule is CN1CCC[C@H]1C[N-]c1ccc2ccccc2c1-c1c([N-]C[C@@H]2CCCN2C)ccc2ccccc12.[CH2-]CCC.[CH2-]CCC.[Mg+2].[Mg+2]. The fourth-order valence-corrected chi connectivity index (χ4v) is 6.14. The Morgan fingerprint density at radius 2 is 0.978 bits per heavy atom. The third-order valence-electron chi connectivity index (χ3n) is 9.06. The number of hydrogen-bond acceptors (Lipinski definition) is 2. The maximum atomic E-state index is 5.27. The molecule has 0 spiro atoms. The van der Waals surface area contributed by atoms with Crippen LogP contribution in [0.25, 0.3) is 43.3 Å². The number of fused-ring (bicyclic) bond motifs is 2. The number of nitrogens with zero attached hydrogens (tertiary/aromatic N) is 4. The van der Waals surface area contributed by atoms with E-state index in [4.69, 9.17) is 10.6 Å². The fraction of sp³-hybridized carbons (Fsp3) is 0.450. The molecule has 0 saturated carbocycles. The second kappa shape index (κ2) is 21.4. The molecule has 4 aromatic carbocycles. The predicted octanol–water partition coefficient (Wildman–Crippen LogP) is 10.3. The molecule has 2 saturated heterocycles. The van der Waals surface area contributed by atoms with Crippen molar-refractivity contribution in [3.05, 3.63) is 97.3 Å². The first-order valence-corrected chi connectivity index (χ1v) is 16.9. The topological polar surface area (TPSA) is 34.7 Å². The molecular weight excluding hydrogens is 585 g/mol. The first kappa shape index (κ1) is 40.6. The van der Waals surface area contributed by atoms with Gasteiger partial charge in [0.2, 0.25) is 0 Å². The average molecular weight is 640 g/mol. The smallest absolute Gasteiger partial charge is 0.683 e. The van der Waals surface area contributed by atoms with E-state index in [0.29, 0.717) is 12.1 Å². The van der Waals surface area contributed by atoms with Crippen LogP contribution in [0.5, 0.6) is 0 Å². The molecule has 0 aliphatic carbocycles. The zero-order valence-electron chi connectivity index (χ0n) is 29.2. The molecule has 2 aliphatic heterocycles. The van der Waals surface area contributed by atoms with E-state index >= 15 is 0 Å². The van der Waals surface area contributed by atoms with E-state index in [9.17, 15) is 0 Å². The van der Waals surface area contributed by atoms with E-state index in [2.05, 4.69) is 124 Å². The molecule has 238 valence electrons. The number of likely N-dealkylation sites (tertiary alicyclic amines) is 2. The monoisotopic (exact) mass is 638 g/mol. The van der Waals surface area contributed by atoms with E-state index in [1.54, 1.807) is 0 Å². The van der Waals surface area contributed by atoms with Gasteiger partial charge in [0.15, 0.2) is 0 Å². The number of benzene rings is 4. The molecule has 4 aromatic rings. The normalized spacial score (nSPS) is 17.7. The van der Waals surface area contributed by atoms with Gasteiger partial charge in [0.1, 0.15) is 0 Å². The summed E-state index contributed by atoms with van der Waals surface area (Å²) >= 11 is 0. The van der Waals surface area contributed by atoms with Gasteiger partial charge in [0.25, 0.3) is 0 Å². The van der Waals surface area contributed by atoms with Crippen LogP contribution >= 0.6 is 0 Å². The second-order valence-corrected chi connectivity index (χ2v) is 12.3. The Kier molecular flexibility index (Phi) is 18.9. The Morgan fingerprint density at radius 3 is 1.30 bits per heavy atom. The van der Waals surface area contributed by atoms with Gasteiger partial charge in [0, 0.05) is 0 Å². The third-order valence-corrected chi connectivity index (χ3v) is 9.06. The number of rotatable bonds is 9. The molecule has 2 fully saturated rings. The van der Waals surface area contributed by atoms with Gasteiger partial charge in [-0.05, 0) is 97.6 Å². The van der Waals surface area contributed by atoms with Crippen molar-refractivity contribution in [3.63, 3.8) is 0 Å². The summed E-state index contributed by atoms with van der Waals surface area (Å²) in [5, 5.41) is 15.5. The fourth-order valence-electron chi connectivity index (χ4n) is 6.14. The molecule has 2 atom stereocenters. The number of unbranched alkanes of at least 4 members (excludes halogenated alkanes) is 2. The van der Waals surface area contributed by atoms with E-state index in [-0.39, 0.29) is 46.1 Å². The minimum atomic E-state index is 0. The molecule has 2 aliphatic rings. The molecule has 0 unspecified atom stereocenters. The summed E-state index contributed by atoms with van der Waals surface area (Å²) in [5.41, 5.74) is 4.62. The van der Waals surface area contributed by atoms with Crippen LogP contribution in [0.3, 0.4) is 0 Å².